The molecule has 0 saturated heterocycles. The Morgan fingerprint density at radius 1 is 1.19 bits per heavy atom. The number of ketones is 1. The topological polar surface area (TPSA) is 30.0 Å². The van der Waals surface area contributed by atoms with E-state index in [1.54, 1.807) is 6.92 Å². The van der Waals surface area contributed by atoms with Gasteiger partial charge in [-0.25, -0.2) is 4.39 Å². The molecular weight excluding hydrogens is 286 g/mol. The van der Waals surface area contributed by atoms with Gasteiger partial charge in [0.05, 0.1) is 5.56 Å². The predicted octanol–water partition coefficient (Wildman–Crippen LogP) is 3.97. The van der Waals surface area contributed by atoms with E-state index in [-0.39, 0.29) is 12.1 Å². The van der Waals surface area contributed by atoms with Crippen molar-refractivity contribution in [1.29, 1.82) is 0 Å². The molecular formula is C15H11F4NO. The van der Waals surface area contributed by atoms with Gasteiger partial charge in [-0.05, 0) is 42.3 Å². The smallest absolute Gasteiger partial charge is 0.292 e. The highest BCUT2D eigenvalue weighted by Crippen LogP contribution is 2.28. The first-order valence-corrected chi connectivity index (χ1v) is 6.09. The molecule has 1 aromatic carbocycles. The van der Waals surface area contributed by atoms with Gasteiger partial charge >= 0.3 is 6.18 Å². The standard InChI is InChI=1S/C15H11F4NO/c1-9-2-4-12(16)6-10(9)7-14(21)13-5-3-11(8-20-13)15(17,18)19/h2-6,8H,7H2,1H3. The van der Waals surface area contributed by atoms with E-state index >= 15 is 0 Å². The second kappa shape index (κ2) is 5.63. The van der Waals surface area contributed by atoms with E-state index in [4.69, 9.17) is 0 Å². The highest BCUT2D eigenvalue weighted by Gasteiger charge is 2.30. The van der Waals surface area contributed by atoms with Crippen molar-refractivity contribution in [2.75, 3.05) is 0 Å². The summed E-state index contributed by atoms with van der Waals surface area (Å²) in [6, 6.07) is 5.88. The SMILES string of the molecule is Cc1ccc(F)cc1CC(=O)c1ccc(C(F)(F)F)cn1. The summed E-state index contributed by atoms with van der Waals surface area (Å²) >= 11 is 0. The second-order valence-electron chi connectivity index (χ2n) is 4.60. The number of rotatable bonds is 3. The zero-order chi connectivity index (χ0) is 15.6. The van der Waals surface area contributed by atoms with Crippen LogP contribution < -0.4 is 0 Å². The molecule has 1 aromatic heterocycles. The fourth-order valence-electron chi connectivity index (χ4n) is 1.82. The highest BCUT2D eigenvalue weighted by molar-refractivity contribution is 5.95. The summed E-state index contributed by atoms with van der Waals surface area (Å²) in [5.74, 6) is -0.929. The van der Waals surface area contributed by atoms with Gasteiger partial charge in [0.2, 0.25) is 0 Å². The molecule has 0 unspecified atom stereocenters. The molecule has 21 heavy (non-hydrogen) atoms. The number of carbonyl (C=O) groups excluding carboxylic acids is 1. The molecule has 0 amide bonds. The second-order valence-corrected chi connectivity index (χ2v) is 4.60. The lowest BCUT2D eigenvalue weighted by Crippen LogP contribution is -2.10. The van der Waals surface area contributed by atoms with Crippen LogP contribution in [0, 0.1) is 12.7 Å². The van der Waals surface area contributed by atoms with Crippen LogP contribution >= 0.6 is 0 Å². The molecule has 2 rings (SSSR count). The largest absolute Gasteiger partial charge is 0.417 e. The van der Waals surface area contributed by atoms with Gasteiger partial charge in [-0.3, -0.25) is 9.78 Å². The van der Waals surface area contributed by atoms with E-state index in [9.17, 15) is 22.4 Å². The normalized spacial score (nSPS) is 11.5. The van der Waals surface area contributed by atoms with E-state index in [0.717, 1.165) is 17.7 Å². The van der Waals surface area contributed by atoms with Gasteiger partial charge in [-0.15, -0.1) is 0 Å². The minimum absolute atomic E-state index is 0.0772. The van der Waals surface area contributed by atoms with E-state index in [1.165, 1.54) is 18.2 Å². The molecule has 0 fully saturated rings. The van der Waals surface area contributed by atoms with Crippen LogP contribution in [0.25, 0.3) is 0 Å². The number of aromatic nitrogens is 1. The maximum atomic E-state index is 13.1. The third-order valence-electron chi connectivity index (χ3n) is 3.04. The van der Waals surface area contributed by atoms with Crippen LogP contribution in [-0.4, -0.2) is 10.8 Å². The number of hydrogen-bond acceptors (Lipinski definition) is 2. The third kappa shape index (κ3) is 3.65. The number of halogens is 4. The molecule has 0 atom stereocenters. The molecule has 0 radical (unpaired) electrons. The molecule has 0 bridgehead atoms. The lowest BCUT2D eigenvalue weighted by Gasteiger charge is -2.07. The average Bonchev–Trinajstić information content (AvgIpc) is 2.42. The van der Waals surface area contributed by atoms with Crippen molar-refractivity contribution in [3.8, 4) is 0 Å². The molecule has 2 nitrogen and oxygen atoms in total. The van der Waals surface area contributed by atoms with Gasteiger partial charge in [0.15, 0.2) is 5.78 Å². The number of aryl methyl sites for hydroxylation is 1. The van der Waals surface area contributed by atoms with Crippen molar-refractivity contribution < 1.29 is 22.4 Å². The van der Waals surface area contributed by atoms with Crippen LogP contribution in [-0.2, 0) is 12.6 Å². The Hall–Kier alpha value is -2.24. The molecule has 0 aliphatic carbocycles. The van der Waals surface area contributed by atoms with Crippen LogP contribution in [0.15, 0.2) is 36.5 Å². The lowest BCUT2D eigenvalue weighted by molar-refractivity contribution is -0.137. The fourth-order valence-corrected chi connectivity index (χ4v) is 1.82. The van der Waals surface area contributed by atoms with E-state index in [1.807, 2.05) is 0 Å². The zero-order valence-electron chi connectivity index (χ0n) is 11.0. The van der Waals surface area contributed by atoms with Crippen LogP contribution in [0.2, 0.25) is 0 Å². The van der Waals surface area contributed by atoms with Crippen LogP contribution in [0.5, 0.6) is 0 Å². The molecule has 0 N–H and O–H groups in total. The molecule has 1 heterocycles. The Morgan fingerprint density at radius 2 is 1.90 bits per heavy atom. The molecule has 0 spiro atoms. The first-order valence-electron chi connectivity index (χ1n) is 6.09. The molecule has 6 heteroatoms. The highest BCUT2D eigenvalue weighted by atomic mass is 19.4. The van der Waals surface area contributed by atoms with Crippen molar-refractivity contribution in [2.24, 2.45) is 0 Å². The molecule has 2 aromatic rings. The summed E-state index contributed by atoms with van der Waals surface area (Å²) in [5, 5.41) is 0. The Kier molecular flexibility index (Phi) is 4.06. The Bertz CT molecular complexity index is 662. The Morgan fingerprint density at radius 3 is 2.48 bits per heavy atom. The minimum Gasteiger partial charge on any atom is -0.292 e. The first-order chi connectivity index (χ1) is 9.77. The average molecular weight is 297 g/mol. The van der Waals surface area contributed by atoms with Crippen LogP contribution in [0.1, 0.15) is 27.2 Å². The number of pyridine rings is 1. The van der Waals surface area contributed by atoms with Crippen molar-refractivity contribution in [3.05, 3.63) is 64.7 Å². The minimum atomic E-state index is -4.49. The van der Waals surface area contributed by atoms with Crippen LogP contribution in [0.4, 0.5) is 17.6 Å². The Labute approximate surface area is 118 Å². The summed E-state index contributed by atoms with van der Waals surface area (Å²) in [7, 11) is 0. The fraction of sp³-hybridized carbons (Fsp3) is 0.200. The molecule has 0 aliphatic rings. The van der Waals surface area contributed by atoms with E-state index in [0.29, 0.717) is 11.8 Å². The quantitative estimate of drug-likeness (QED) is 0.633. The predicted molar refractivity (Wildman–Crippen MR) is 68.4 cm³/mol. The monoisotopic (exact) mass is 297 g/mol. The van der Waals surface area contributed by atoms with Crippen molar-refractivity contribution >= 4 is 5.78 Å². The number of hydrogen-bond donors (Lipinski definition) is 0. The number of benzene rings is 1. The maximum absolute atomic E-state index is 13.1. The summed E-state index contributed by atoms with van der Waals surface area (Å²) < 4.78 is 50.3. The van der Waals surface area contributed by atoms with Crippen molar-refractivity contribution in [2.45, 2.75) is 19.5 Å². The van der Waals surface area contributed by atoms with Crippen molar-refractivity contribution in [1.82, 2.24) is 4.98 Å². The number of Topliss-reactive ketones (excluding diaryl/α,β-unsaturated/α-hetero) is 1. The summed E-state index contributed by atoms with van der Waals surface area (Å²) in [6.45, 7) is 1.72. The zero-order valence-corrected chi connectivity index (χ0v) is 11.0. The summed E-state index contributed by atoms with van der Waals surface area (Å²) in [4.78, 5) is 15.5. The van der Waals surface area contributed by atoms with E-state index < -0.39 is 23.3 Å². The van der Waals surface area contributed by atoms with Crippen LogP contribution in [0.3, 0.4) is 0 Å². The summed E-state index contributed by atoms with van der Waals surface area (Å²) in [6.07, 6.45) is -3.98. The number of carbonyl (C=O) groups is 1. The number of nitrogens with zero attached hydrogens (tertiary/aromatic N) is 1. The molecule has 110 valence electrons. The van der Waals surface area contributed by atoms with Gasteiger partial charge in [0.25, 0.3) is 0 Å². The van der Waals surface area contributed by atoms with Gasteiger partial charge in [0, 0.05) is 12.6 Å². The maximum Gasteiger partial charge on any atom is 0.417 e. The molecule has 0 aliphatic heterocycles. The van der Waals surface area contributed by atoms with Gasteiger partial charge < -0.3 is 0 Å². The van der Waals surface area contributed by atoms with Gasteiger partial charge in [-0.2, -0.15) is 13.2 Å². The molecule has 0 saturated carbocycles. The summed E-state index contributed by atoms with van der Waals surface area (Å²) in [5.41, 5.74) is 0.228. The lowest BCUT2D eigenvalue weighted by atomic mass is 10.0. The van der Waals surface area contributed by atoms with Crippen molar-refractivity contribution in [3.63, 3.8) is 0 Å². The first kappa shape index (κ1) is 15.2. The van der Waals surface area contributed by atoms with Gasteiger partial charge in [-0.1, -0.05) is 6.07 Å². The number of alkyl halides is 3. The Balaban J connectivity index is 2.19. The van der Waals surface area contributed by atoms with E-state index in [2.05, 4.69) is 4.98 Å². The van der Waals surface area contributed by atoms with Gasteiger partial charge in [0.1, 0.15) is 11.5 Å². The third-order valence-corrected chi connectivity index (χ3v) is 3.04.